The van der Waals surface area contributed by atoms with E-state index in [0.29, 0.717) is 0 Å². The Balaban J connectivity index is 1.69. The monoisotopic (exact) mass is 590 g/mol. The molecule has 3 aliphatic rings. The van der Waals surface area contributed by atoms with Gasteiger partial charge in [0.05, 0.1) is 10.8 Å². The van der Waals surface area contributed by atoms with E-state index in [1.807, 2.05) is 6.92 Å². The summed E-state index contributed by atoms with van der Waals surface area (Å²) < 4.78 is 1.08. The van der Waals surface area contributed by atoms with Crippen molar-refractivity contribution in [2.24, 2.45) is 5.92 Å². The molecule has 0 nitrogen and oxygen atoms in total. The predicted octanol–water partition coefficient (Wildman–Crippen LogP) is 10.3. The smallest absolute Gasteiger partial charge is 0.0708 e. The van der Waals surface area contributed by atoms with Crippen LogP contribution in [-0.4, -0.2) is 0 Å². The normalized spacial score (nSPS) is 23.9. The first kappa shape index (κ1) is 25.7. The first-order valence-electron chi connectivity index (χ1n) is 14.2. The predicted molar refractivity (Wildman–Crippen MR) is 176 cm³/mol. The van der Waals surface area contributed by atoms with Crippen LogP contribution in [0, 0.1) is 5.92 Å². The Morgan fingerprint density at radius 3 is 2.27 bits per heavy atom. The molecule has 4 aromatic carbocycles. The highest BCUT2D eigenvalue weighted by molar-refractivity contribution is 9.10. The van der Waals surface area contributed by atoms with Crippen LogP contribution in [0.4, 0.5) is 0 Å². The van der Waals surface area contributed by atoms with Crippen molar-refractivity contribution in [3.8, 4) is 0 Å². The van der Waals surface area contributed by atoms with Crippen LogP contribution in [0.1, 0.15) is 40.3 Å². The molecule has 0 fully saturated rings. The fourth-order valence-electron chi connectivity index (χ4n) is 7.56. The lowest BCUT2D eigenvalue weighted by atomic mass is 9.59. The van der Waals surface area contributed by atoms with Crippen LogP contribution in [0.2, 0.25) is 0 Å². The standard InChI is InChI=1S/C40H31Br/c1-3-4-6-15-28(2)39-35-23-10-9-21-33(35)34-22-14-19-31(27-38(34)39)40(29-16-7-5-8-17-29,30-18-13-20-32(41)26-30)37-25-12-11-24-36(37)39/h3-27,31H,2H2,1H3/b4-3-,15-6-/t31?,39?,40-/m0/s1. The molecule has 41 heavy (non-hydrogen) atoms. The molecule has 0 spiro atoms. The number of hydrogen-bond donors (Lipinski definition) is 0. The Morgan fingerprint density at radius 1 is 0.780 bits per heavy atom. The number of benzene rings is 4. The van der Waals surface area contributed by atoms with Crippen molar-refractivity contribution in [1.29, 1.82) is 0 Å². The van der Waals surface area contributed by atoms with E-state index in [0.717, 1.165) is 10.0 Å². The Kier molecular flexibility index (Phi) is 6.29. The maximum absolute atomic E-state index is 4.83. The van der Waals surface area contributed by atoms with Gasteiger partial charge in [0.2, 0.25) is 0 Å². The molecule has 4 aromatic rings. The summed E-state index contributed by atoms with van der Waals surface area (Å²) in [5, 5.41) is 0. The van der Waals surface area contributed by atoms with Gasteiger partial charge in [-0.05, 0) is 69.2 Å². The van der Waals surface area contributed by atoms with Crippen LogP contribution >= 0.6 is 15.9 Å². The maximum atomic E-state index is 4.83. The molecule has 0 amide bonds. The number of halogens is 1. The van der Waals surface area contributed by atoms with Crippen molar-refractivity contribution in [3.63, 3.8) is 0 Å². The van der Waals surface area contributed by atoms with Gasteiger partial charge in [-0.25, -0.2) is 0 Å². The maximum Gasteiger partial charge on any atom is 0.0708 e. The average Bonchev–Trinajstić information content (AvgIpc) is 3.12. The molecule has 3 aliphatic carbocycles. The van der Waals surface area contributed by atoms with E-state index in [1.165, 1.54) is 44.5 Å². The average molecular weight is 592 g/mol. The van der Waals surface area contributed by atoms with E-state index in [4.69, 9.17) is 6.58 Å². The highest BCUT2D eigenvalue weighted by Crippen LogP contribution is 2.64. The first-order chi connectivity index (χ1) is 20.1. The third-order valence-electron chi connectivity index (χ3n) is 9.09. The lowest BCUT2D eigenvalue weighted by molar-refractivity contribution is 0.523. The second kappa shape index (κ2) is 10.0. The second-order valence-electron chi connectivity index (χ2n) is 11.0. The van der Waals surface area contributed by atoms with E-state index in [2.05, 4.69) is 168 Å². The third-order valence-corrected chi connectivity index (χ3v) is 9.58. The van der Waals surface area contributed by atoms with Gasteiger partial charge in [-0.2, -0.15) is 0 Å². The minimum absolute atomic E-state index is 0.0626. The van der Waals surface area contributed by atoms with Crippen LogP contribution in [0.5, 0.6) is 0 Å². The topological polar surface area (TPSA) is 0 Å². The molecular formula is C40H31Br. The highest BCUT2D eigenvalue weighted by Gasteiger charge is 2.56. The van der Waals surface area contributed by atoms with Crippen molar-refractivity contribution in [1.82, 2.24) is 0 Å². The summed E-state index contributed by atoms with van der Waals surface area (Å²) in [4.78, 5) is 0. The summed E-state index contributed by atoms with van der Waals surface area (Å²) in [7, 11) is 0. The van der Waals surface area contributed by atoms with Gasteiger partial charge < -0.3 is 0 Å². The van der Waals surface area contributed by atoms with Gasteiger partial charge >= 0.3 is 0 Å². The molecule has 0 aliphatic heterocycles. The molecule has 7 rings (SSSR count). The molecule has 3 atom stereocenters. The molecule has 1 heteroatoms. The van der Waals surface area contributed by atoms with Gasteiger partial charge in [0.25, 0.3) is 0 Å². The lowest BCUT2D eigenvalue weighted by Crippen LogP contribution is -2.38. The highest BCUT2D eigenvalue weighted by atomic mass is 79.9. The van der Waals surface area contributed by atoms with E-state index in [1.54, 1.807) is 0 Å². The second-order valence-corrected chi connectivity index (χ2v) is 11.9. The quantitative estimate of drug-likeness (QED) is 0.203. The molecule has 0 saturated carbocycles. The Labute approximate surface area is 251 Å². The SMILES string of the molecule is C=C(/C=C\C=C/C)C12C3=CC(C=CC=C3c3ccccc31)[C@](c1ccccc1)(c1cccc(Br)c1)c1ccccc12. The molecule has 0 saturated heterocycles. The molecular weight excluding hydrogens is 560 g/mol. The Hall–Kier alpha value is -4.20. The summed E-state index contributed by atoms with van der Waals surface area (Å²) in [6.07, 6.45) is 18.0. The number of fused-ring (bicyclic) bond motifs is 6. The van der Waals surface area contributed by atoms with Gasteiger partial charge in [0, 0.05) is 10.4 Å². The van der Waals surface area contributed by atoms with Gasteiger partial charge in [-0.3, -0.25) is 0 Å². The van der Waals surface area contributed by atoms with Crippen LogP contribution in [0.3, 0.4) is 0 Å². The van der Waals surface area contributed by atoms with E-state index < -0.39 is 10.8 Å². The number of rotatable bonds is 5. The summed E-state index contributed by atoms with van der Waals surface area (Å²) in [5.41, 5.74) is 10.4. The summed E-state index contributed by atoms with van der Waals surface area (Å²) in [6, 6.07) is 38.0. The number of allylic oxidation sites excluding steroid dienone is 11. The van der Waals surface area contributed by atoms with Crippen molar-refractivity contribution < 1.29 is 0 Å². The molecule has 198 valence electrons. The zero-order chi connectivity index (χ0) is 28.0. The van der Waals surface area contributed by atoms with E-state index >= 15 is 0 Å². The summed E-state index contributed by atoms with van der Waals surface area (Å²) in [5.74, 6) is 0.0626. The number of hydrogen-bond acceptors (Lipinski definition) is 0. The minimum atomic E-state index is -0.524. The molecule has 0 radical (unpaired) electrons. The lowest BCUT2D eigenvalue weighted by Gasteiger charge is -2.42. The summed E-state index contributed by atoms with van der Waals surface area (Å²) >= 11 is 3.82. The van der Waals surface area contributed by atoms with E-state index in [-0.39, 0.29) is 5.92 Å². The zero-order valence-electron chi connectivity index (χ0n) is 23.1. The fourth-order valence-corrected chi connectivity index (χ4v) is 7.95. The summed E-state index contributed by atoms with van der Waals surface area (Å²) in [6.45, 7) is 6.88. The first-order valence-corrected chi connectivity index (χ1v) is 15.0. The van der Waals surface area contributed by atoms with Gasteiger partial charge in [-0.15, -0.1) is 0 Å². The van der Waals surface area contributed by atoms with Crippen molar-refractivity contribution in [2.45, 2.75) is 17.8 Å². The Morgan fingerprint density at radius 2 is 1.49 bits per heavy atom. The van der Waals surface area contributed by atoms with Gasteiger partial charge in [-0.1, -0.05) is 162 Å². The molecule has 0 aromatic heterocycles. The Bertz CT molecular complexity index is 1830. The molecule has 2 bridgehead atoms. The van der Waals surface area contributed by atoms with Gasteiger partial charge in [0.15, 0.2) is 0 Å². The molecule has 0 N–H and O–H groups in total. The van der Waals surface area contributed by atoms with Crippen LogP contribution in [-0.2, 0) is 10.8 Å². The van der Waals surface area contributed by atoms with Crippen molar-refractivity contribution in [2.75, 3.05) is 0 Å². The van der Waals surface area contributed by atoms with Gasteiger partial charge in [0.1, 0.15) is 0 Å². The van der Waals surface area contributed by atoms with Crippen LogP contribution < -0.4 is 0 Å². The molecule has 2 unspecified atom stereocenters. The van der Waals surface area contributed by atoms with Crippen molar-refractivity contribution >= 4 is 21.5 Å². The van der Waals surface area contributed by atoms with Crippen molar-refractivity contribution in [3.05, 3.63) is 207 Å². The zero-order valence-corrected chi connectivity index (χ0v) is 24.7. The minimum Gasteiger partial charge on any atom is -0.0942 e. The van der Waals surface area contributed by atoms with Crippen LogP contribution in [0.25, 0.3) is 5.57 Å². The van der Waals surface area contributed by atoms with Crippen LogP contribution in [0.15, 0.2) is 174 Å². The largest absolute Gasteiger partial charge is 0.0942 e. The molecule has 0 heterocycles. The van der Waals surface area contributed by atoms with E-state index in [9.17, 15) is 0 Å². The fraction of sp³-hybridized carbons (Fsp3) is 0.100. The third kappa shape index (κ3) is 3.59.